The zero-order valence-electron chi connectivity index (χ0n) is 11.0. The Labute approximate surface area is 112 Å². The largest absolute Gasteiger partial charge is 0.473 e. The summed E-state index contributed by atoms with van der Waals surface area (Å²) in [7, 11) is 0. The van der Waals surface area contributed by atoms with E-state index in [-0.39, 0.29) is 12.0 Å². The second-order valence-corrected chi connectivity index (χ2v) is 4.34. The van der Waals surface area contributed by atoms with Crippen LogP contribution in [0.2, 0.25) is 0 Å². The molecule has 1 N–H and O–H groups in total. The van der Waals surface area contributed by atoms with Crippen LogP contribution in [0.3, 0.4) is 0 Å². The van der Waals surface area contributed by atoms with Crippen LogP contribution in [0.4, 0.5) is 5.69 Å². The molecular weight excluding hydrogens is 240 g/mol. The smallest absolute Gasteiger partial charge is 0.255 e. The third-order valence-electron chi connectivity index (χ3n) is 2.40. The van der Waals surface area contributed by atoms with Crippen LogP contribution in [0.1, 0.15) is 24.2 Å². The van der Waals surface area contributed by atoms with Crippen molar-refractivity contribution in [3.05, 3.63) is 54.2 Å². The van der Waals surface area contributed by atoms with Gasteiger partial charge in [-0.25, -0.2) is 4.98 Å². The highest BCUT2D eigenvalue weighted by Gasteiger charge is 2.11. The molecule has 2 rings (SSSR count). The summed E-state index contributed by atoms with van der Waals surface area (Å²) in [6.07, 6.45) is 1.64. The molecule has 1 aromatic heterocycles. The first-order valence-electron chi connectivity index (χ1n) is 6.15. The predicted molar refractivity (Wildman–Crippen MR) is 74.4 cm³/mol. The molecule has 1 aromatic carbocycles. The number of hydrogen-bond donors (Lipinski definition) is 1. The van der Waals surface area contributed by atoms with Crippen LogP contribution in [-0.4, -0.2) is 17.0 Å². The van der Waals surface area contributed by atoms with Gasteiger partial charge in [-0.3, -0.25) is 4.79 Å². The zero-order valence-corrected chi connectivity index (χ0v) is 11.0. The topological polar surface area (TPSA) is 51.2 Å². The average Bonchev–Trinajstić information content (AvgIpc) is 2.41. The second kappa shape index (κ2) is 6.00. The number of carbonyl (C=O) groups is 1. The van der Waals surface area contributed by atoms with E-state index in [1.807, 2.05) is 32.0 Å². The van der Waals surface area contributed by atoms with Gasteiger partial charge in [0.15, 0.2) is 0 Å². The molecule has 0 saturated heterocycles. The zero-order chi connectivity index (χ0) is 13.7. The van der Waals surface area contributed by atoms with E-state index in [2.05, 4.69) is 10.3 Å². The maximum atomic E-state index is 12.1. The Hall–Kier alpha value is -2.36. The third-order valence-corrected chi connectivity index (χ3v) is 2.40. The standard InChI is InChI=1S/C15H16N2O2/c1-11(2)19-15-13(9-6-10-16-15)17-14(18)12-7-4-3-5-8-12/h3-11H,1-2H3,(H,17,18). The molecule has 0 bridgehead atoms. The number of carbonyl (C=O) groups excluding carboxylic acids is 1. The van der Waals surface area contributed by atoms with Gasteiger partial charge in [-0.05, 0) is 38.1 Å². The lowest BCUT2D eigenvalue weighted by Gasteiger charge is -2.13. The minimum atomic E-state index is -0.179. The molecular formula is C15H16N2O2. The summed E-state index contributed by atoms with van der Waals surface area (Å²) < 4.78 is 5.56. The first-order chi connectivity index (χ1) is 9.16. The molecule has 0 saturated carbocycles. The van der Waals surface area contributed by atoms with Crippen molar-refractivity contribution in [3.8, 4) is 5.88 Å². The predicted octanol–water partition coefficient (Wildman–Crippen LogP) is 3.12. The van der Waals surface area contributed by atoms with E-state index in [0.29, 0.717) is 17.1 Å². The number of pyridine rings is 1. The maximum Gasteiger partial charge on any atom is 0.255 e. The van der Waals surface area contributed by atoms with Crippen molar-refractivity contribution in [3.63, 3.8) is 0 Å². The van der Waals surface area contributed by atoms with Crippen LogP contribution in [-0.2, 0) is 0 Å². The van der Waals surface area contributed by atoms with E-state index >= 15 is 0 Å². The maximum absolute atomic E-state index is 12.1. The van der Waals surface area contributed by atoms with Gasteiger partial charge in [-0.2, -0.15) is 0 Å². The number of aromatic nitrogens is 1. The molecule has 1 amide bonds. The van der Waals surface area contributed by atoms with Crippen LogP contribution in [0, 0.1) is 0 Å². The van der Waals surface area contributed by atoms with Crippen molar-refractivity contribution in [2.75, 3.05) is 5.32 Å². The van der Waals surface area contributed by atoms with Gasteiger partial charge in [0.25, 0.3) is 5.91 Å². The van der Waals surface area contributed by atoms with Gasteiger partial charge in [0.1, 0.15) is 5.69 Å². The average molecular weight is 256 g/mol. The van der Waals surface area contributed by atoms with E-state index in [1.165, 1.54) is 0 Å². The first-order valence-corrected chi connectivity index (χ1v) is 6.15. The van der Waals surface area contributed by atoms with E-state index in [4.69, 9.17) is 4.74 Å². The summed E-state index contributed by atoms with van der Waals surface area (Å²) in [5, 5.41) is 2.81. The Balaban J connectivity index is 2.17. The number of rotatable bonds is 4. The van der Waals surface area contributed by atoms with Crippen LogP contribution in [0.5, 0.6) is 5.88 Å². The molecule has 0 aliphatic carbocycles. The molecule has 0 unspecified atom stereocenters. The fourth-order valence-electron chi connectivity index (χ4n) is 1.59. The number of benzene rings is 1. The fourth-order valence-corrected chi connectivity index (χ4v) is 1.59. The van der Waals surface area contributed by atoms with E-state index in [1.54, 1.807) is 30.5 Å². The molecule has 2 aromatic rings. The number of nitrogens with one attached hydrogen (secondary N) is 1. The van der Waals surface area contributed by atoms with Crippen LogP contribution < -0.4 is 10.1 Å². The highest BCUT2D eigenvalue weighted by Crippen LogP contribution is 2.22. The summed E-state index contributed by atoms with van der Waals surface area (Å²) in [6, 6.07) is 12.6. The van der Waals surface area contributed by atoms with Crippen molar-refractivity contribution >= 4 is 11.6 Å². The molecule has 0 radical (unpaired) electrons. The molecule has 98 valence electrons. The van der Waals surface area contributed by atoms with Crippen LogP contribution >= 0.6 is 0 Å². The summed E-state index contributed by atoms with van der Waals surface area (Å²) in [5.74, 6) is 0.254. The third kappa shape index (κ3) is 3.55. The van der Waals surface area contributed by atoms with E-state index < -0.39 is 0 Å². The molecule has 0 spiro atoms. The number of nitrogens with zero attached hydrogens (tertiary/aromatic N) is 1. The van der Waals surface area contributed by atoms with Gasteiger partial charge in [0.2, 0.25) is 5.88 Å². The number of hydrogen-bond acceptors (Lipinski definition) is 3. The van der Waals surface area contributed by atoms with Crippen molar-refractivity contribution < 1.29 is 9.53 Å². The van der Waals surface area contributed by atoms with Gasteiger partial charge < -0.3 is 10.1 Å². The minimum Gasteiger partial charge on any atom is -0.473 e. The van der Waals surface area contributed by atoms with Gasteiger partial charge in [0.05, 0.1) is 6.10 Å². The Morgan fingerprint density at radius 2 is 1.89 bits per heavy atom. The number of anilines is 1. The Kier molecular flexibility index (Phi) is 4.13. The van der Waals surface area contributed by atoms with Crippen LogP contribution in [0.25, 0.3) is 0 Å². The Morgan fingerprint density at radius 3 is 2.58 bits per heavy atom. The lowest BCUT2D eigenvalue weighted by atomic mass is 10.2. The highest BCUT2D eigenvalue weighted by molar-refractivity contribution is 6.04. The van der Waals surface area contributed by atoms with Crippen molar-refractivity contribution in [2.45, 2.75) is 20.0 Å². The SMILES string of the molecule is CC(C)Oc1ncccc1NC(=O)c1ccccc1. The monoisotopic (exact) mass is 256 g/mol. The molecule has 0 aliphatic rings. The molecule has 4 heteroatoms. The normalized spacial score (nSPS) is 10.3. The van der Waals surface area contributed by atoms with Crippen molar-refractivity contribution in [2.24, 2.45) is 0 Å². The van der Waals surface area contributed by atoms with Gasteiger partial charge >= 0.3 is 0 Å². The molecule has 4 nitrogen and oxygen atoms in total. The molecule has 1 heterocycles. The van der Waals surface area contributed by atoms with Gasteiger partial charge in [-0.15, -0.1) is 0 Å². The second-order valence-electron chi connectivity index (χ2n) is 4.34. The van der Waals surface area contributed by atoms with Crippen molar-refractivity contribution in [1.29, 1.82) is 0 Å². The van der Waals surface area contributed by atoms with Gasteiger partial charge in [-0.1, -0.05) is 18.2 Å². The highest BCUT2D eigenvalue weighted by atomic mass is 16.5. The summed E-state index contributed by atoms with van der Waals surface area (Å²) >= 11 is 0. The summed E-state index contributed by atoms with van der Waals surface area (Å²) in [4.78, 5) is 16.2. The quantitative estimate of drug-likeness (QED) is 0.914. The summed E-state index contributed by atoms with van der Waals surface area (Å²) in [6.45, 7) is 3.83. The molecule has 0 aliphatic heterocycles. The van der Waals surface area contributed by atoms with Crippen molar-refractivity contribution in [1.82, 2.24) is 4.98 Å². The fraction of sp³-hybridized carbons (Fsp3) is 0.200. The van der Waals surface area contributed by atoms with E-state index in [0.717, 1.165) is 0 Å². The summed E-state index contributed by atoms with van der Waals surface area (Å²) in [5.41, 5.74) is 1.17. The van der Waals surface area contributed by atoms with E-state index in [9.17, 15) is 4.79 Å². The Morgan fingerprint density at radius 1 is 1.16 bits per heavy atom. The lowest BCUT2D eigenvalue weighted by Crippen LogP contribution is -2.15. The number of amides is 1. The Bertz CT molecular complexity index is 553. The molecule has 19 heavy (non-hydrogen) atoms. The van der Waals surface area contributed by atoms with Crippen LogP contribution in [0.15, 0.2) is 48.7 Å². The molecule has 0 atom stereocenters. The number of ether oxygens (including phenoxy) is 1. The first kappa shape index (κ1) is 13.1. The van der Waals surface area contributed by atoms with Gasteiger partial charge in [0, 0.05) is 11.8 Å². The molecule has 0 fully saturated rings. The minimum absolute atomic E-state index is 0.00211. The lowest BCUT2D eigenvalue weighted by molar-refractivity contribution is 0.102.